The molecule has 0 bridgehead atoms. The van der Waals surface area contributed by atoms with Crippen molar-refractivity contribution in [3.8, 4) is 11.1 Å². The van der Waals surface area contributed by atoms with Crippen molar-refractivity contribution in [3.63, 3.8) is 0 Å². The highest BCUT2D eigenvalue weighted by Gasteiger charge is 2.19. The third-order valence-electron chi connectivity index (χ3n) is 3.37. The molecule has 1 aliphatic rings. The topological polar surface area (TPSA) is 24.9 Å². The van der Waals surface area contributed by atoms with Crippen LogP contribution in [-0.4, -0.2) is 11.5 Å². The maximum atomic E-state index is 4.28. The Morgan fingerprint density at radius 2 is 2.00 bits per heavy atom. The van der Waals surface area contributed by atoms with Crippen LogP contribution in [0.5, 0.6) is 0 Å². The Morgan fingerprint density at radius 3 is 2.76 bits per heavy atom. The molecule has 0 aliphatic carbocycles. The Morgan fingerprint density at radius 1 is 1.12 bits per heavy atom. The molecule has 1 atom stereocenters. The van der Waals surface area contributed by atoms with Crippen molar-refractivity contribution >= 4 is 0 Å². The summed E-state index contributed by atoms with van der Waals surface area (Å²) in [7, 11) is 0. The van der Waals surface area contributed by atoms with E-state index >= 15 is 0 Å². The predicted molar refractivity (Wildman–Crippen MR) is 69.7 cm³/mol. The molecule has 2 nitrogen and oxygen atoms in total. The van der Waals surface area contributed by atoms with Gasteiger partial charge in [-0.05, 0) is 42.1 Å². The first-order valence-electron chi connectivity index (χ1n) is 6.18. The van der Waals surface area contributed by atoms with Crippen LogP contribution < -0.4 is 5.32 Å². The number of benzene rings is 1. The van der Waals surface area contributed by atoms with Crippen LogP contribution in [0, 0.1) is 0 Å². The highest BCUT2D eigenvalue weighted by atomic mass is 14.9. The zero-order valence-electron chi connectivity index (χ0n) is 9.76. The van der Waals surface area contributed by atoms with Crippen LogP contribution in [0.15, 0.2) is 48.8 Å². The SMILES string of the molecule is c1ccc(-c2ccncc2C2CCCN2)cc1. The van der Waals surface area contributed by atoms with E-state index in [1.54, 1.807) is 0 Å². The molecule has 1 aromatic heterocycles. The number of hydrogen-bond donors (Lipinski definition) is 1. The largest absolute Gasteiger partial charge is 0.310 e. The van der Waals surface area contributed by atoms with Gasteiger partial charge in [-0.1, -0.05) is 30.3 Å². The van der Waals surface area contributed by atoms with Gasteiger partial charge in [-0.25, -0.2) is 0 Å². The lowest BCUT2D eigenvalue weighted by molar-refractivity contribution is 0.646. The lowest BCUT2D eigenvalue weighted by atomic mass is 9.96. The van der Waals surface area contributed by atoms with Gasteiger partial charge in [-0.15, -0.1) is 0 Å². The Hall–Kier alpha value is -1.67. The Kier molecular flexibility index (Phi) is 2.88. The summed E-state index contributed by atoms with van der Waals surface area (Å²) in [5.74, 6) is 0. The highest BCUT2D eigenvalue weighted by Crippen LogP contribution is 2.31. The molecule has 1 aliphatic heterocycles. The summed E-state index contributed by atoms with van der Waals surface area (Å²) in [6, 6.07) is 13.1. The summed E-state index contributed by atoms with van der Waals surface area (Å²) in [5, 5.41) is 3.54. The molecule has 1 aromatic carbocycles. The molecule has 1 saturated heterocycles. The zero-order valence-corrected chi connectivity index (χ0v) is 9.76. The van der Waals surface area contributed by atoms with E-state index in [2.05, 4.69) is 46.7 Å². The monoisotopic (exact) mass is 224 g/mol. The Bertz CT molecular complexity index is 487. The van der Waals surface area contributed by atoms with Gasteiger partial charge in [0.2, 0.25) is 0 Å². The first kappa shape index (κ1) is 10.5. The van der Waals surface area contributed by atoms with Crippen LogP contribution in [0.2, 0.25) is 0 Å². The van der Waals surface area contributed by atoms with Crippen LogP contribution in [0.3, 0.4) is 0 Å². The molecule has 1 unspecified atom stereocenters. The van der Waals surface area contributed by atoms with Gasteiger partial charge in [0.1, 0.15) is 0 Å². The summed E-state index contributed by atoms with van der Waals surface area (Å²) in [5.41, 5.74) is 3.91. The molecule has 2 heteroatoms. The minimum Gasteiger partial charge on any atom is -0.310 e. The van der Waals surface area contributed by atoms with Gasteiger partial charge < -0.3 is 5.32 Å². The van der Waals surface area contributed by atoms with Gasteiger partial charge in [0.15, 0.2) is 0 Å². The van der Waals surface area contributed by atoms with E-state index in [0.29, 0.717) is 6.04 Å². The summed E-state index contributed by atoms with van der Waals surface area (Å²) in [6.07, 6.45) is 6.35. The second kappa shape index (κ2) is 4.68. The normalized spacial score (nSPS) is 19.4. The highest BCUT2D eigenvalue weighted by molar-refractivity contribution is 5.67. The van der Waals surface area contributed by atoms with Crippen molar-refractivity contribution in [2.45, 2.75) is 18.9 Å². The van der Waals surface area contributed by atoms with E-state index in [0.717, 1.165) is 6.54 Å². The minimum atomic E-state index is 0.471. The van der Waals surface area contributed by atoms with E-state index in [1.807, 2.05) is 12.4 Å². The van der Waals surface area contributed by atoms with Gasteiger partial charge in [0.25, 0.3) is 0 Å². The van der Waals surface area contributed by atoms with Crippen molar-refractivity contribution in [1.29, 1.82) is 0 Å². The molecule has 0 radical (unpaired) electrons. The average molecular weight is 224 g/mol. The fourth-order valence-electron chi connectivity index (χ4n) is 2.51. The van der Waals surface area contributed by atoms with Crippen LogP contribution in [0.1, 0.15) is 24.4 Å². The number of hydrogen-bond acceptors (Lipinski definition) is 2. The minimum absolute atomic E-state index is 0.471. The van der Waals surface area contributed by atoms with Crippen molar-refractivity contribution in [2.24, 2.45) is 0 Å². The first-order chi connectivity index (χ1) is 8.45. The van der Waals surface area contributed by atoms with Gasteiger partial charge in [0.05, 0.1) is 0 Å². The van der Waals surface area contributed by atoms with Gasteiger partial charge in [-0.3, -0.25) is 4.98 Å². The molecule has 0 amide bonds. The summed E-state index contributed by atoms with van der Waals surface area (Å²) >= 11 is 0. The van der Waals surface area contributed by atoms with Crippen molar-refractivity contribution < 1.29 is 0 Å². The van der Waals surface area contributed by atoms with Crippen LogP contribution in [-0.2, 0) is 0 Å². The van der Waals surface area contributed by atoms with E-state index in [4.69, 9.17) is 0 Å². The molecule has 0 saturated carbocycles. The third kappa shape index (κ3) is 2.08. The number of pyridine rings is 1. The van der Waals surface area contributed by atoms with E-state index < -0.39 is 0 Å². The van der Waals surface area contributed by atoms with Gasteiger partial charge >= 0.3 is 0 Å². The lowest BCUT2D eigenvalue weighted by Gasteiger charge is -2.15. The summed E-state index contributed by atoms with van der Waals surface area (Å²) in [4.78, 5) is 4.28. The number of nitrogens with one attached hydrogen (secondary N) is 1. The van der Waals surface area contributed by atoms with Crippen LogP contribution in [0.4, 0.5) is 0 Å². The third-order valence-corrected chi connectivity index (χ3v) is 3.37. The molecule has 0 spiro atoms. The standard InChI is InChI=1S/C15H16N2/c1-2-5-12(6-3-1)13-8-10-16-11-14(13)15-7-4-9-17-15/h1-3,5-6,8,10-11,15,17H,4,7,9H2. The molecule has 3 rings (SSSR count). The number of nitrogens with zero attached hydrogens (tertiary/aromatic N) is 1. The van der Waals surface area contributed by atoms with E-state index in [-0.39, 0.29) is 0 Å². The maximum Gasteiger partial charge on any atom is 0.0342 e. The second-order valence-electron chi connectivity index (χ2n) is 4.48. The van der Waals surface area contributed by atoms with Crippen molar-refractivity contribution in [2.75, 3.05) is 6.54 Å². The number of aromatic nitrogens is 1. The Labute approximate surface area is 102 Å². The van der Waals surface area contributed by atoms with Crippen LogP contribution in [0.25, 0.3) is 11.1 Å². The first-order valence-corrected chi connectivity index (χ1v) is 6.18. The number of rotatable bonds is 2. The molecular weight excluding hydrogens is 208 g/mol. The maximum absolute atomic E-state index is 4.28. The molecule has 2 heterocycles. The fourth-order valence-corrected chi connectivity index (χ4v) is 2.51. The van der Waals surface area contributed by atoms with E-state index in [1.165, 1.54) is 29.5 Å². The van der Waals surface area contributed by atoms with Gasteiger partial charge in [-0.2, -0.15) is 0 Å². The second-order valence-corrected chi connectivity index (χ2v) is 4.48. The molecule has 1 fully saturated rings. The van der Waals surface area contributed by atoms with E-state index in [9.17, 15) is 0 Å². The van der Waals surface area contributed by atoms with Crippen molar-refractivity contribution in [3.05, 3.63) is 54.4 Å². The van der Waals surface area contributed by atoms with Gasteiger partial charge in [0, 0.05) is 18.4 Å². The van der Waals surface area contributed by atoms with Crippen LogP contribution >= 0.6 is 0 Å². The molecule has 17 heavy (non-hydrogen) atoms. The van der Waals surface area contributed by atoms with Crippen molar-refractivity contribution in [1.82, 2.24) is 10.3 Å². The smallest absolute Gasteiger partial charge is 0.0342 e. The molecule has 2 aromatic rings. The lowest BCUT2D eigenvalue weighted by Crippen LogP contribution is -2.14. The zero-order chi connectivity index (χ0) is 11.5. The Balaban J connectivity index is 2.04. The summed E-state index contributed by atoms with van der Waals surface area (Å²) < 4.78 is 0. The summed E-state index contributed by atoms with van der Waals surface area (Å²) in [6.45, 7) is 1.12. The molecule has 1 N–H and O–H groups in total. The molecule has 86 valence electrons. The molecular formula is C15H16N2. The quantitative estimate of drug-likeness (QED) is 0.847. The predicted octanol–water partition coefficient (Wildman–Crippen LogP) is 3.17. The average Bonchev–Trinajstić information content (AvgIpc) is 2.94. The fraction of sp³-hybridized carbons (Fsp3) is 0.267.